The highest BCUT2D eigenvalue weighted by Gasteiger charge is 2.56. The van der Waals surface area contributed by atoms with Gasteiger partial charge in [0.05, 0.1) is 10.8 Å². The van der Waals surface area contributed by atoms with Crippen LogP contribution in [0.2, 0.25) is 0 Å². The Labute approximate surface area is 138 Å². The van der Waals surface area contributed by atoms with Crippen molar-refractivity contribution in [3.8, 4) is 5.88 Å². The third-order valence-electron chi connectivity index (χ3n) is 4.31. The lowest BCUT2D eigenvalue weighted by atomic mass is 9.65. The predicted molar refractivity (Wildman–Crippen MR) is 90.2 cm³/mol. The van der Waals surface area contributed by atoms with Crippen molar-refractivity contribution in [3.63, 3.8) is 0 Å². The molecule has 1 aliphatic heterocycles. The van der Waals surface area contributed by atoms with Crippen LogP contribution in [0.25, 0.3) is 21.7 Å². The predicted octanol–water partition coefficient (Wildman–Crippen LogP) is 3.16. The molecule has 0 bridgehead atoms. The summed E-state index contributed by atoms with van der Waals surface area (Å²) in [5, 5.41) is 2.54. The number of nitrogens with zero attached hydrogens (tertiary/aromatic N) is 1. The molecule has 2 aromatic carbocycles. The van der Waals surface area contributed by atoms with Gasteiger partial charge in [0.2, 0.25) is 0 Å². The third-order valence-corrected chi connectivity index (χ3v) is 4.31. The molecule has 0 radical (unpaired) electrons. The number of hydrogen-bond acceptors (Lipinski definition) is 3. The monoisotopic (exact) mass is 325 g/mol. The van der Waals surface area contributed by atoms with Gasteiger partial charge in [-0.2, -0.15) is 0 Å². The van der Waals surface area contributed by atoms with E-state index in [0.29, 0.717) is 10.9 Å². The summed E-state index contributed by atoms with van der Waals surface area (Å²) in [4.78, 5) is 12.5. The zero-order valence-corrected chi connectivity index (χ0v) is 13.7. The minimum Gasteiger partial charge on any atom is -0.596 e. The van der Waals surface area contributed by atoms with Gasteiger partial charge in [-0.1, -0.05) is 51.1 Å². The summed E-state index contributed by atoms with van der Waals surface area (Å²) in [5.74, 6) is 0.226. The smallest absolute Gasteiger partial charge is 0.596 e. The lowest BCUT2D eigenvalue weighted by Crippen LogP contribution is -2.60. The van der Waals surface area contributed by atoms with Crippen LogP contribution in [0.3, 0.4) is 0 Å². The number of rotatable bonds is 1. The number of halogens is 1. The van der Waals surface area contributed by atoms with Crippen LogP contribution in [0.1, 0.15) is 20.8 Å². The first-order chi connectivity index (χ1) is 11.3. The minimum atomic E-state index is -3.60. The summed E-state index contributed by atoms with van der Waals surface area (Å²) in [5.41, 5.74) is -0.947. The quantitative estimate of drug-likeness (QED) is 0.392. The van der Waals surface area contributed by atoms with Gasteiger partial charge in [-0.25, -0.2) is 0 Å². The summed E-state index contributed by atoms with van der Waals surface area (Å²) in [6.45, 7) is 1.34. The zero-order chi connectivity index (χ0) is 17.1. The lowest BCUT2D eigenvalue weighted by molar-refractivity contribution is -0.831. The van der Waals surface area contributed by atoms with E-state index < -0.39 is 17.9 Å². The molecule has 0 saturated heterocycles. The Bertz CT molecular complexity index is 932. The first-order valence-corrected chi connectivity index (χ1v) is 7.92. The molecule has 6 heteroatoms. The van der Waals surface area contributed by atoms with E-state index in [1.165, 1.54) is 4.73 Å². The normalized spacial score (nSPS) is 19.8. The van der Waals surface area contributed by atoms with Crippen LogP contribution in [0, 0.1) is 5.41 Å². The van der Waals surface area contributed by atoms with Crippen molar-refractivity contribution in [2.45, 2.75) is 20.8 Å². The van der Waals surface area contributed by atoms with E-state index in [2.05, 4.69) is 0 Å². The fraction of sp³-hybridized carbons (Fsp3) is 0.222. The number of carbonyl (C=O) groups excluding carboxylic acids is 1. The molecule has 4 nitrogen and oxygen atoms in total. The van der Waals surface area contributed by atoms with E-state index >= 15 is 4.32 Å². The number of carbonyl (C=O) groups is 1. The molecule has 0 spiro atoms. The van der Waals surface area contributed by atoms with Crippen LogP contribution >= 0.6 is 0 Å². The maximum atomic E-state index is 15.3. The van der Waals surface area contributed by atoms with E-state index in [4.69, 9.17) is 9.41 Å². The second-order valence-corrected chi connectivity index (χ2v) is 7.12. The molecule has 0 aliphatic carbocycles. The van der Waals surface area contributed by atoms with Gasteiger partial charge in [0.15, 0.2) is 0 Å². The van der Waals surface area contributed by atoms with Gasteiger partial charge in [0, 0.05) is 16.2 Å². The Hall–Kier alpha value is -2.63. The number of para-hydroxylation sites is 1. The van der Waals surface area contributed by atoms with Crippen LogP contribution in [0.4, 0.5) is 4.32 Å². The second-order valence-electron chi connectivity index (χ2n) is 7.12. The van der Waals surface area contributed by atoms with Crippen LogP contribution in [0.15, 0.2) is 48.5 Å². The number of pyridine rings is 1. The molecule has 0 saturated carbocycles. The van der Waals surface area contributed by atoms with Crippen LogP contribution in [-0.4, -0.2) is 12.5 Å². The lowest BCUT2D eigenvalue weighted by Gasteiger charge is -2.27. The van der Waals surface area contributed by atoms with Gasteiger partial charge in [0.1, 0.15) is 5.68 Å². The molecule has 2 heterocycles. The highest BCUT2D eigenvalue weighted by molar-refractivity contribution is 6.93. The number of aromatic nitrogens is 1. The van der Waals surface area contributed by atoms with E-state index in [1.54, 1.807) is 20.8 Å². The average molecular weight is 325 g/mol. The zero-order valence-electron chi connectivity index (χ0n) is 13.7. The minimum absolute atomic E-state index is 0.226. The Morgan fingerprint density at radius 1 is 1.00 bits per heavy atom. The van der Waals surface area contributed by atoms with Gasteiger partial charge >= 0.3 is 12.7 Å². The average Bonchev–Trinajstić information content (AvgIpc) is 2.93. The Morgan fingerprint density at radius 3 is 2.25 bits per heavy atom. The molecule has 1 unspecified atom stereocenters. The SMILES string of the molecule is CC(C)(C)C(=O)[B-]1(F)Oc2c3ccccc3c3ccccc3[n+]2O1. The van der Waals surface area contributed by atoms with Crippen LogP contribution in [0.5, 0.6) is 5.88 Å². The molecule has 3 aromatic rings. The molecule has 0 N–H and O–H groups in total. The molecular weight excluding hydrogens is 308 g/mol. The van der Waals surface area contributed by atoms with Crippen molar-refractivity contribution in [1.82, 2.24) is 0 Å². The number of benzene rings is 2. The number of fused-ring (bicyclic) bond motifs is 6. The highest BCUT2D eigenvalue weighted by atomic mass is 19.1. The van der Waals surface area contributed by atoms with E-state index in [1.807, 2.05) is 48.5 Å². The van der Waals surface area contributed by atoms with Gasteiger partial charge in [-0.05, 0) is 17.5 Å². The molecular formula is C18H17BFNO3. The summed E-state index contributed by atoms with van der Waals surface area (Å²) < 4.78 is 27.5. The summed E-state index contributed by atoms with van der Waals surface area (Å²) in [6.07, 6.45) is 0. The van der Waals surface area contributed by atoms with Crippen molar-refractivity contribution in [1.29, 1.82) is 0 Å². The van der Waals surface area contributed by atoms with E-state index in [-0.39, 0.29) is 5.88 Å². The Morgan fingerprint density at radius 2 is 1.58 bits per heavy atom. The van der Waals surface area contributed by atoms with E-state index in [9.17, 15) is 4.79 Å². The van der Waals surface area contributed by atoms with Crippen molar-refractivity contribution in [2.75, 3.05) is 0 Å². The van der Waals surface area contributed by atoms with Gasteiger partial charge in [0.25, 0.3) is 5.52 Å². The fourth-order valence-electron chi connectivity index (χ4n) is 3.14. The van der Waals surface area contributed by atoms with Crippen molar-refractivity contribution >= 4 is 34.2 Å². The number of hydrogen-bond donors (Lipinski definition) is 0. The molecule has 1 aromatic heterocycles. The van der Waals surface area contributed by atoms with Gasteiger partial charge in [-0.3, -0.25) is 0 Å². The van der Waals surface area contributed by atoms with Crippen LogP contribution < -0.4 is 14.1 Å². The summed E-state index contributed by atoms with van der Waals surface area (Å²) >= 11 is 0. The third kappa shape index (κ3) is 1.99. The first kappa shape index (κ1) is 14.9. The molecule has 24 heavy (non-hydrogen) atoms. The fourth-order valence-corrected chi connectivity index (χ4v) is 3.14. The van der Waals surface area contributed by atoms with Gasteiger partial charge in [-0.15, -0.1) is 0 Å². The Balaban J connectivity index is 2.01. The largest absolute Gasteiger partial charge is 0.650 e. The molecule has 1 atom stereocenters. The summed E-state index contributed by atoms with van der Waals surface area (Å²) in [6, 6.07) is 15.0. The highest BCUT2D eigenvalue weighted by Crippen LogP contribution is 2.35. The maximum Gasteiger partial charge on any atom is 0.650 e. The van der Waals surface area contributed by atoms with Gasteiger partial charge < -0.3 is 18.5 Å². The van der Waals surface area contributed by atoms with Crippen molar-refractivity contribution < 1.29 is 23.3 Å². The maximum absolute atomic E-state index is 15.3. The molecule has 0 amide bonds. The standard InChI is InChI=1S/C18H17BFNO3/c1-18(2,3)17(22)19(20)23-16-14-10-5-4-8-12(14)13-9-6-7-11-15(13)21(16)24-19/h4-11H,1-3H3. The first-order valence-electron chi connectivity index (χ1n) is 7.92. The molecule has 122 valence electrons. The molecule has 0 fully saturated rings. The topological polar surface area (TPSA) is 39.4 Å². The second kappa shape index (κ2) is 4.69. The molecule has 4 rings (SSSR count). The summed E-state index contributed by atoms with van der Waals surface area (Å²) in [7, 11) is 0. The van der Waals surface area contributed by atoms with Crippen molar-refractivity contribution in [3.05, 3.63) is 48.5 Å². The van der Waals surface area contributed by atoms with E-state index in [0.717, 1.165) is 10.8 Å². The van der Waals surface area contributed by atoms with Crippen molar-refractivity contribution in [2.24, 2.45) is 5.41 Å². The van der Waals surface area contributed by atoms with Crippen LogP contribution in [-0.2, 0) is 4.79 Å². The Kier molecular flexibility index (Phi) is 2.92. The molecule has 1 aliphatic rings.